The quantitative estimate of drug-likeness (QED) is 0.884. The molecule has 1 aromatic heterocycles. The lowest BCUT2D eigenvalue weighted by molar-refractivity contribution is 0.191. The first-order valence-corrected chi connectivity index (χ1v) is 7.06. The lowest BCUT2D eigenvalue weighted by atomic mass is 10.1. The van der Waals surface area contributed by atoms with Gasteiger partial charge in [-0.05, 0) is 30.5 Å². The third-order valence-electron chi connectivity index (χ3n) is 3.78. The number of amides is 2. The van der Waals surface area contributed by atoms with Crippen molar-refractivity contribution in [2.24, 2.45) is 0 Å². The van der Waals surface area contributed by atoms with Crippen molar-refractivity contribution in [3.8, 4) is 0 Å². The number of carbonyl (C=O) groups is 1. The van der Waals surface area contributed by atoms with Crippen LogP contribution in [0.1, 0.15) is 30.1 Å². The van der Waals surface area contributed by atoms with Crippen LogP contribution in [0.4, 0.5) is 4.79 Å². The van der Waals surface area contributed by atoms with E-state index in [0.717, 1.165) is 30.6 Å². The van der Waals surface area contributed by atoms with Crippen LogP contribution in [0.3, 0.4) is 0 Å². The number of likely N-dealkylation sites (tertiary alicyclic amines) is 1. The average Bonchev–Trinajstić information content (AvgIpc) is 3.15. The number of nitrogens with one attached hydrogen (secondary N) is 2. The molecule has 104 valence electrons. The molecule has 1 unspecified atom stereocenters. The molecule has 0 saturated carbocycles. The van der Waals surface area contributed by atoms with Gasteiger partial charge in [-0.25, -0.2) is 4.79 Å². The summed E-state index contributed by atoms with van der Waals surface area (Å²) in [6.07, 6.45) is 4.00. The van der Waals surface area contributed by atoms with E-state index in [0.29, 0.717) is 6.54 Å². The number of hydrogen-bond donors (Lipinski definition) is 2. The summed E-state index contributed by atoms with van der Waals surface area (Å²) >= 11 is 0. The van der Waals surface area contributed by atoms with Crippen molar-refractivity contribution in [2.45, 2.75) is 25.4 Å². The third-order valence-corrected chi connectivity index (χ3v) is 3.78. The molecule has 2 aromatic rings. The normalized spacial score (nSPS) is 18.2. The number of carbonyl (C=O) groups excluding carboxylic acids is 1. The Morgan fingerprint density at radius 2 is 2.10 bits per heavy atom. The first-order valence-electron chi connectivity index (χ1n) is 7.06. The SMILES string of the molecule is O=C(NCc1ccccc1)N1CCCC1c1ccc[nH]1. The van der Waals surface area contributed by atoms with Crippen LogP contribution in [0, 0.1) is 0 Å². The molecule has 2 N–H and O–H groups in total. The highest BCUT2D eigenvalue weighted by atomic mass is 16.2. The summed E-state index contributed by atoms with van der Waals surface area (Å²) in [7, 11) is 0. The molecule has 1 fully saturated rings. The van der Waals surface area contributed by atoms with Crippen LogP contribution >= 0.6 is 0 Å². The number of urea groups is 1. The Labute approximate surface area is 118 Å². The van der Waals surface area contributed by atoms with Crippen LogP contribution in [0.5, 0.6) is 0 Å². The van der Waals surface area contributed by atoms with E-state index in [1.54, 1.807) is 0 Å². The van der Waals surface area contributed by atoms with E-state index >= 15 is 0 Å². The second-order valence-electron chi connectivity index (χ2n) is 5.12. The van der Waals surface area contributed by atoms with E-state index in [4.69, 9.17) is 0 Å². The number of hydrogen-bond acceptors (Lipinski definition) is 1. The molecule has 0 aliphatic carbocycles. The molecule has 0 radical (unpaired) electrons. The third kappa shape index (κ3) is 2.69. The minimum absolute atomic E-state index is 0.0194. The van der Waals surface area contributed by atoms with Gasteiger partial charge in [0.2, 0.25) is 0 Å². The highest BCUT2D eigenvalue weighted by Crippen LogP contribution is 2.30. The van der Waals surface area contributed by atoms with Crippen molar-refractivity contribution in [3.63, 3.8) is 0 Å². The molecule has 1 atom stereocenters. The van der Waals surface area contributed by atoms with Gasteiger partial charge in [0.1, 0.15) is 0 Å². The van der Waals surface area contributed by atoms with Gasteiger partial charge in [0.15, 0.2) is 0 Å². The van der Waals surface area contributed by atoms with Crippen molar-refractivity contribution in [2.75, 3.05) is 6.54 Å². The average molecular weight is 269 g/mol. The van der Waals surface area contributed by atoms with Crippen LogP contribution in [-0.4, -0.2) is 22.5 Å². The van der Waals surface area contributed by atoms with Crippen LogP contribution < -0.4 is 5.32 Å². The van der Waals surface area contributed by atoms with E-state index in [9.17, 15) is 4.79 Å². The number of benzene rings is 1. The molecule has 1 aromatic carbocycles. The molecule has 2 heterocycles. The number of H-pyrrole nitrogens is 1. The Morgan fingerprint density at radius 3 is 2.85 bits per heavy atom. The summed E-state index contributed by atoms with van der Waals surface area (Å²) in [5.41, 5.74) is 2.24. The van der Waals surface area contributed by atoms with Gasteiger partial charge < -0.3 is 15.2 Å². The molecule has 1 aliphatic heterocycles. The fourth-order valence-electron chi connectivity index (χ4n) is 2.76. The lowest BCUT2D eigenvalue weighted by Crippen LogP contribution is -2.39. The fraction of sp³-hybridized carbons (Fsp3) is 0.312. The van der Waals surface area contributed by atoms with Gasteiger partial charge in [0, 0.05) is 25.0 Å². The number of nitrogens with zero attached hydrogens (tertiary/aromatic N) is 1. The van der Waals surface area contributed by atoms with Gasteiger partial charge in [0.25, 0.3) is 0 Å². The Hall–Kier alpha value is -2.23. The molecule has 20 heavy (non-hydrogen) atoms. The summed E-state index contributed by atoms with van der Waals surface area (Å²) in [5.74, 6) is 0. The maximum atomic E-state index is 12.3. The largest absolute Gasteiger partial charge is 0.363 e. The summed E-state index contributed by atoms with van der Waals surface area (Å²) in [4.78, 5) is 17.5. The van der Waals surface area contributed by atoms with E-state index in [-0.39, 0.29) is 12.1 Å². The smallest absolute Gasteiger partial charge is 0.318 e. The van der Waals surface area contributed by atoms with Gasteiger partial charge in [0.05, 0.1) is 6.04 Å². The van der Waals surface area contributed by atoms with Crippen LogP contribution in [0.25, 0.3) is 0 Å². The fourth-order valence-corrected chi connectivity index (χ4v) is 2.76. The Kier molecular flexibility index (Phi) is 3.72. The van der Waals surface area contributed by atoms with Crippen molar-refractivity contribution in [3.05, 3.63) is 59.9 Å². The summed E-state index contributed by atoms with van der Waals surface area (Å²) in [5, 5.41) is 3.01. The molecular weight excluding hydrogens is 250 g/mol. The lowest BCUT2D eigenvalue weighted by Gasteiger charge is -2.24. The molecule has 1 saturated heterocycles. The van der Waals surface area contributed by atoms with Crippen molar-refractivity contribution in [1.29, 1.82) is 0 Å². The van der Waals surface area contributed by atoms with Gasteiger partial charge in [-0.15, -0.1) is 0 Å². The molecular formula is C16H19N3O. The van der Waals surface area contributed by atoms with Crippen molar-refractivity contribution >= 4 is 6.03 Å². The van der Waals surface area contributed by atoms with Crippen LogP contribution in [-0.2, 0) is 6.54 Å². The summed E-state index contributed by atoms with van der Waals surface area (Å²) < 4.78 is 0. The predicted molar refractivity (Wildman–Crippen MR) is 78.2 cm³/mol. The Balaban J connectivity index is 1.62. The number of aromatic amines is 1. The highest BCUT2D eigenvalue weighted by Gasteiger charge is 2.30. The van der Waals surface area contributed by atoms with E-state index in [1.165, 1.54) is 0 Å². The molecule has 0 spiro atoms. The minimum atomic E-state index is 0.0194. The molecule has 1 aliphatic rings. The molecule has 2 amide bonds. The van der Waals surface area contributed by atoms with Crippen molar-refractivity contribution in [1.82, 2.24) is 15.2 Å². The molecule has 0 bridgehead atoms. The van der Waals surface area contributed by atoms with Gasteiger partial charge in [-0.1, -0.05) is 30.3 Å². The molecule has 4 nitrogen and oxygen atoms in total. The summed E-state index contributed by atoms with van der Waals surface area (Å²) in [6.45, 7) is 1.40. The van der Waals surface area contributed by atoms with Crippen molar-refractivity contribution < 1.29 is 4.79 Å². The van der Waals surface area contributed by atoms with Crippen LogP contribution in [0.15, 0.2) is 48.7 Å². The maximum absolute atomic E-state index is 12.3. The molecule has 3 rings (SSSR count). The molecule has 4 heteroatoms. The first-order chi connectivity index (χ1) is 9.84. The summed E-state index contributed by atoms with van der Waals surface area (Å²) in [6, 6.07) is 14.2. The first kappa shape index (κ1) is 12.8. The van der Waals surface area contributed by atoms with Gasteiger partial charge in [-0.2, -0.15) is 0 Å². The van der Waals surface area contributed by atoms with E-state index in [1.807, 2.05) is 53.6 Å². The van der Waals surface area contributed by atoms with E-state index < -0.39 is 0 Å². The van der Waals surface area contributed by atoms with Crippen LogP contribution in [0.2, 0.25) is 0 Å². The second-order valence-corrected chi connectivity index (χ2v) is 5.12. The zero-order valence-electron chi connectivity index (χ0n) is 11.4. The highest BCUT2D eigenvalue weighted by molar-refractivity contribution is 5.75. The zero-order valence-corrected chi connectivity index (χ0v) is 11.4. The number of rotatable bonds is 3. The zero-order chi connectivity index (χ0) is 13.8. The topological polar surface area (TPSA) is 48.1 Å². The van der Waals surface area contributed by atoms with Gasteiger partial charge in [-0.3, -0.25) is 0 Å². The second kappa shape index (κ2) is 5.82. The Morgan fingerprint density at radius 1 is 1.25 bits per heavy atom. The minimum Gasteiger partial charge on any atom is -0.363 e. The predicted octanol–water partition coefficient (Wildman–Crippen LogP) is 3.06. The number of aromatic nitrogens is 1. The van der Waals surface area contributed by atoms with Gasteiger partial charge >= 0.3 is 6.03 Å². The Bertz CT molecular complexity index is 550. The monoisotopic (exact) mass is 269 g/mol. The maximum Gasteiger partial charge on any atom is 0.318 e. The standard InChI is InChI=1S/C16H19N3O/c20-16(18-12-13-6-2-1-3-7-13)19-11-5-9-15(19)14-8-4-10-17-14/h1-4,6-8,10,15,17H,5,9,11-12H2,(H,18,20). The van der Waals surface area contributed by atoms with E-state index in [2.05, 4.69) is 10.3 Å².